The van der Waals surface area contributed by atoms with Crippen LogP contribution < -0.4 is 0 Å². The molecule has 0 aromatic carbocycles. The minimum Gasteiger partial charge on any atom is -0.396 e. The highest BCUT2D eigenvalue weighted by Gasteiger charge is 2.24. The molecule has 0 aromatic rings. The molecule has 3 unspecified atom stereocenters. The highest BCUT2D eigenvalue weighted by atomic mass is 16.3. The van der Waals surface area contributed by atoms with Crippen LogP contribution in [0, 0.1) is 11.8 Å². The van der Waals surface area contributed by atoms with Crippen molar-refractivity contribution in [2.45, 2.75) is 26.4 Å². The summed E-state index contributed by atoms with van der Waals surface area (Å²) in [6.07, 6.45) is 0.888. The van der Waals surface area contributed by atoms with Crippen LogP contribution in [0.4, 0.5) is 0 Å². The summed E-state index contributed by atoms with van der Waals surface area (Å²) in [4.78, 5) is 2.24. The van der Waals surface area contributed by atoms with Gasteiger partial charge in [0.1, 0.15) is 0 Å². The molecule has 0 amide bonds. The second kappa shape index (κ2) is 4.94. The third kappa shape index (κ3) is 3.25. The lowest BCUT2D eigenvalue weighted by Gasteiger charge is -2.35. The summed E-state index contributed by atoms with van der Waals surface area (Å²) >= 11 is 0. The molecule has 78 valence electrons. The molecule has 0 aliphatic carbocycles. The molecule has 2 N–H and O–H groups in total. The first-order valence-corrected chi connectivity index (χ1v) is 5.14. The number of piperidine rings is 1. The standard InChI is InChI=1S/C10H21NO2/c1-8(7-12)5-11-4-3-9(2)10(13)6-11/h8-10,12-13H,3-7H2,1-2H3. The molecule has 1 heterocycles. The minimum absolute atomic E-state index is 0.181. The van der Waals surface area contributed by atoms with Crippen molar-refractivity contribution in [1.29, 1.82) is 0 Å². The van der Waals surface area contributed by atoms with Crippen molar-refractivity contribution in [2.24, 2.45) is 11.8 Å². The molecule has 1 fully saturated rings. The van der Waals surface area contributed by atoms with E-state index in [4.69, 9.17) is 5.11 Å². The zero-order valence-electron chi connectivity index (χ0n) is 8.61. The van der Waals surface area contributed by atoms with Crippen LogP contribution >= 0.6 is 0 Å². The summed E-state index contributed by atoms with van der Waals surface area (Å²) in [6, 6.07) is 0. The van der Waals surface area contributed by atoms with E-state index in [1.807, 2.05) is 6.92 Å². The van der Waals surface area contributed by atoms with Gasteiger partial charge in [-0.25, -0.2) is 0 Å². The topological polar surface area (TPSA) is 43.7 Å². The third-order valence-corrected chi connectivity index (χ3v) is 2.88. The van der Waals surface area contributed by atoms with E-state index in [1.54, 1.807) is 0 Å². The second-order valence-electron chi connectivity index (χ2n) is 4.38. The Morgan fingerprint density at radius 2 is 2.23 bits per heavy atom. The molecule has 3 nitrogen and oxygen atoms in total. The Balaban J connectivity index is 2.29. The maximum absolute atomic E-state index is 9.63. The van der Waals surface area contributed by atoms with Crippen molar-refractivity contribution in [2.75, 3.05) is 26.2 Å². The van der Waals surface area contributed by atoms with E-state index < -0.39 is 0 Å². The van der Waals surface area contributed by atoms with Gasteiger partial charge >= 0.3 is 0 Å². The van der Waals surface area contributed by atoms with Gasteiger partial charge in [0.25, 0.3) is 0 Å². The van der Waals surface area contributed by atoms with Crippen LogP contribution in [0.5, 0.6) is 0 Å². The Kier molecular flexibility index (Phi) is 4.16. The Morgan fingerprint density at radius 1 is 1.54 bits per heavy atom. The van der Waals surface area contributed by atoms with Gasteiger partial charge < -0.3 is 15.1 Å². The SMILES string of the molecule is CC(CO)CN1CCC(C)C(O)C1. The van der Waals surface area contributed by atoms with Gasteiger partial charge in [-0.05, 0) is 24.8 Å². The van der Waals surface area contributed by atoms with Crippen LogP contribution in [0.3, 0.4) is 0 Å². The number of nitrogens with zero attached hydrogens (tertiary/aromatic N) is 1. The third-order valence-electron chi connectivity index (χ3n) is 2.88. The zero-order valence-corrected chi connectivity index (χ0v) is 8.61. The highest BCUT2D eigenvalue weighted by molar-refractivity contribution is 4.77. The van der Waals surface area contributed by atoms with Crippen LogP contribution in [0.1, 0.15) is 20.3 Å². The average molecular weight is 187 g/mol. The average Bonchev–Trinajstić information content (AvgIpc) is 2.11. The number of aliphatic hydroxyl groups excluding tert-OH is 2. The van der Waals surface area contributed by atoms with E-state index in [0.717, 1.165) is 26.1 Å². The lowest BCUT2D eigenvalue weighted by Crippen LogP contribution is -2.44. The Labute approximate surface area is 80.4 Å². The smallest absolute Gasteiger partial charge is 0.0693 e. The summed E-state index contributed by atoms with van der Waals surface area (Å²) < 4.78 is 0. The van der Waals surface area contributed by atoms with Crippen LogP contribution in [-0.4, -0.2) is 47.5 Å². The van der Waals surface area contributed by atoms with Crippen LogP contribution in [-0.2, 0) is 0 Å². The summed E-state index contributed by atoms with van der Waals surface area (Å²) in [5, 5.41) is 18.5. The summed E-state index contributed by atoms with van der Waals surface area (Å²) in [6.45, 7) is 7.10. The lowest BCUT2D eigenvalue weighted by molar-refractivity contribution is 0.0200. The fourth-order valence-electron chi connectivity index (χ4n) is 1.78. The Hall–Kier alpha value is -0.120. The maximum Gasteiger partial charge on any atom is 0.0693 e. The summed E-state index contributed by atoms with van der Waals surface area (Å²) in [7, 11) is 0. The molecule has 0 spiro atoms. The van der Waals surface area contributed by atoms with Crippen molar-refractivity contribution in [1.82, 2.24) is 4.90 Å². The predicted molar refractivity (Wildman–Crippen MR) is 52.5 cm³/mol. The van der Waals surface area contributed by atoms with Gasteiger partial charge in [-0.2, -0.15) is 0 Å². The molecule has 0 saturated carbocycles. The summed E-state index contributed by atoms with van der Waals surface area (Å²) in [5.74, 6) is 0.751. The van der Waals surface area contributed by atoms with Gasteiger partial charge in [-0.1, -0.05) is 13.8 Å². The van der Waals surface area contributed by atoms with Crippen molar-refractivity contribution < 1.29 is 10.2 Å². The first-order valence-electron chi connectivity index (χ1n) is 5.14. The van der Waals surface area contributed by atoms with Crippen molar-refractivity contribution in [3.8, 4) is 0 Å². The first kappa shape index (κ1) is 11.0. The number of likely N-dealkylation sites (tertiary alicyclic amines) is 1. The molecule has 1 aliphatic heterocycles. The fourth-order valence-corrected chi connectivity index (χ4v) is 1.78. The summed E-state index contributed by atoms with van der Waals surface area (Å²) in [5.41, 5.74) is 0. The predicted octanol–water partition coefficient (Wildman–Crippen LogP) is 0.317. The number of hydrogen-bond donors (Lipinski definition) is 2. The molecule has 3 heteroatoms. The van der Waals surface area contributed by atoms with E-state index in [1.165, 1.54) is 0 Å². The van der Waals surface area contributed by atoms with E-state index in [2.05, 4.69) is 11.8 Å². The van der Waals surface area contributed by atoms with Crippen molar-refractivity contribution >= 4 is 0 Å². The van der Waals surface area contributed by atoms with Gasteiger partial charge in [-0.3, -0.25) is 0 Å². The molecule has 1 rings (SSSR count). The molecular formula is C10H21NO2. The van der Waals surface area contributed by atoms with Gasteiger partial charge in [0.2, 0.25) is 0 Å². The molecule has 1 aliphatic rings. The first-order chi connectivity index (χ1) is 6.13. The normalized spacial score (nSPS) is 33.2. The number of aliphatic hydroxyl groups is 2. The van der Waals surface area contributed by atoms with Crippen molar-refractivity contribution in [3.05, 3.63) is 0 Å². The number of hydrogen-bond acceptors (Lipinski definition) is 3. The maximum atomic E-state index is 9.63. The van der Waals surface area contributed by atoms with Gasteiger partial charge in [-0.15, -0.1) is 0 Å². The molecule has 3 atom stereocenters. The van der Waals surface area contributed by atoms with Gasteiger partial charge in [0.15, 0.2) is 0 Å². The molecule has 0 bridgehead atoms. The van der Waals surface area contributed by atoms with Crippen LogP contribution in [0.25, 0.3) is 0 Å². The van der Waals surface area contributed by atoms with E-state index in [0.29, 0.717) is 11.8 Å². The van der Waals surface area contributed by atoms with E-state index in [9.17, 15) is 5.11 Å². The Morgan fingerprint density at radius 3 is 2.77 bits per heavy atom. The second-order valence-corrected chi connectivity index (χ2v) is 4.38. The van der Waals surface area contributed by atoms with Crippen LogP contribution in [0.2, 0.25) is 0 Å². The lowest BCUT2D eigenvalue weighted by atomic mass is 9.95. The number of β-amino-alcohol motifs (C(OH)–C–C–N with tert-alkyl or cyclic N) is 1. The van der Waals surface area contributed by atoms with Crippen molar-refractivity contribution in [3.63, 3.8) is 0 Å². The van der Waals surface area contributed by atoms with Gasteiger partial charge in [0, 0.05) is 19.7 Å². The van der Waals surface area contributed by atoms with Gasteiger partial charge in [0.05, 0.1) is 6.10 Å². The Bertz CT molecular complexity index is 150. The zero-order chi connectivity index (χ0) is 9.84. The minimum atomic E-state index is -0.181. The van der Waals surface area contributed by atoms with Crippen LogP contribution in [0.15, 0.2) is 0 Å². The van der Waals surface area contributed by atoms with E-state index in [-0.39, 0.29) is 12.7 Å². The highest BCUT2D eigenvalue weighted by Crippen LogP contribution is 2.17. The largest absolute Gasteiger partial charge is 0.396 e. The molecule has 0 aromatic heterocycles. The quantitative estimate of drug-likeness (QED) is 0.668. The molecular weight excluding hydrogens is 166 g/mol. The molecule has 0 radical (unpaired) electrons. The monoisotopic (exact) mass is 187 g/mol. The number of rotatable bonds is 3. The molecule has 13 heavy (non-hydrogen) atoms. The fraction of sp³-hybridized carbons (Fsp3) is 1.00. The van der Waals surface area contributed by atoms with E-state index >= 15 is 0 Å². The molecule has 1 saturated heterocycles.